The quantitative estimate of drug-likeness (QED) is 0.185. The molecule has 2 atom stereocenters. The number of rotatable bonds is 7. The van der Waals surface area contributed by atoms with Crippen LogP contribution in [0.4, 0.5) is 13.2 Å². The molecule has 0 spiro atoms. The molecule has 4 aromatic rings. The summed E-state index contributed by atoms with van der Waals surface area (Å²) in [6.45, 7) is 0. The van der Waals surface area contributed by atoms with E-state index in [4.69, 9.17) is 23.2 Å². The fourth-order valence-electron chi connectivity index (χ4n) is 5.17. The van der Waals surface area contributed by atoms with E-state index < -0.39 is 23.8 Å². The largest absolute Gasteiger partial charge is 0.433 e. The lowest BCUT2D eigenvalue weighted by Gasteiger charge is -2.18. The highest BCUT2D eigenvalue weighted by Crippen LogP contribution is 2.37. The molecular formula is C29H26Cl2F3N5O. The number of hydrogen-bond donors (Lipinski definition) is 1. The minimum atomic E-state index is -4.66. The number of benzene rings is 2. The average molecular weight is 588 g/mol. The first-order valence-electron chi connectivity index (χ1n) is 12.9. The molecule has 11 heteroatoms. The lowest BCUT2D eigenvalue weighted by Crippen LogP contribution is -2.30. The summed E-state index contributed by atoms with van der Waals surface area (Å²) in [5, 5.41) is 8.11. The van der Waals surface area contributed by atoms with Crippen LogP contribution in [0.2, 0.25) is 5.02 Å². The molecule has 1 unspecified atom stereocenters. The van der Waals surface area contributed by atoms with Crippen molar-refractivity contribution in [3.63, 3.8) is 0 Å². The van der Waals surface area contributed by atoms with E-state index in [9.17, 15) is 18.0 Å². The minimum absolute atomic E-state index is 0.132. The summed E-state index contributed by atoms with van der Waals surface area (Å²) < 4.78 is 42.0. The zero-order valence-electron chi connectivity index (χ0n) is 21.3. The highest BCUT2D eigenvalue weighted by atomic mass is 35.5. The molecule has 208 valence electrons. The van der Waals surface area contributed by atoms with Gasteiger partial charge in [0.05, 0.1) is 11.7 Å². The van der Waals surface area contributed by atoms with E-state index in [2.05, 4.69) is 20.4 Å². The molecule has 5 rings (SSSR count). The van der Waals surface area contributed by atoms with Crippen LogP contribution in [0.5, 0.6) is 0 Å². The van der Waals surface area contributed by atoms with Crippen LogP contribution in [0.3, 0.4) is 0 Å². The molecule has 0 saturated heterocycles. The molecule has 0 bridgehead atoms. The molecular weight excluding hydrogens is 562 g/mol. The molecule has 1 aliphatic carbocycles. The van der Waals surface area contributed by atoms with Crippen LogP contribution in [0.15, 0.2) is 66.9 Å². The maximum Gasteiger partial charge on any atom is 0.433 e. The number of alkyl halides is 4. The molecule has 0 aliphatic heterocycles. The van der Waals surface area contributed by atoms with Gasteiger partial charge in [0.25, 0.3) is 11.9 Å². The number of fused-ring (bicyclic) bond motifs is 1. The third-order valence-corrected chi connectivity index (χ3v) is 7.55. The van der Waals surface area contributed by atoms with E-state index in [0.29, 0.717) is 29.1 Å². The van der Waals surface area contributed by atoms with E-state index in [0.717, 1.165) is 42.7 Å². The maximum absolute atomic E-state index is 13.7. The number of aromatic nitrogens is 4. The molecule has 0 saturated carbocycles. The van der Waals surface area contributed by atoms with Gasteiger partial charge >= 0.3 is 6.18 Å². The Labute approximate surface area is 239 Å². The molecule has 6 nitrogen and oxygen atoms in total. The fourth-order valence-corrected chi connectivity index (χ4v) is 5.64. The van der Waals surface area contributed by atoms with Crippen LogP contribution in [-0.2, 0) is 19.0 Å². The molecule has 40 heavy (non-hydrogen) atoms. The van der Waals surface area contributed by atoms with Gasteiger partial charge in [-0.05, 0) is 55.0 Å². The summed E-state index contributed by atoms with van der Waals surface area (Å²) >= 11 is 12.4. The molecule has 2 aromatic heterocycles. The van der Waals surface area contributed by atoms with E-state index >= 15 is 0 Å². The molecule has 1 amide bonds. The number of carbonyl (C=O) groups excluding carboxylic acids is 1. The van der Waals surface area contributed by atoms with E-state index in [1.807, 2.05) is 48.5 Å². The van der Waals surface area contributed by atoms with Gasteiger partial charge in [-0.1, -0.05) is 60.5 Å². The lowest BCUT2D eigenvalue weighted by atomic mass is 9.91. The van der Waals surface area contributed by atoms with Gasteiger partial charge in [0.1, 0.15) is 5.69 Å². The van der Waals surface area contributed by atoms with Crippen LogP contribution in [0.1, 0.15) is 69.8 Å². The number of nitrogens with zero attached hydrogens (tertiary/aromatic N) is 4. The van der Waals surface area contributed by atoms with Gasteiger partial charge in [-0.25, -0.2) is 14.6 Å². The predicted molar refractivity (Wildman–Crippen MR) is 147 cm³/mol. The van der Waals surface area contributed by atoms with Crippen LogP contribution >= 0.6 is 23.2 Å². The smallest absolute Gasteiger partial charge is 0.343 e. The minimum Gasteiger partial charge on any atom is -0.343 e. The van der Waals surface area contributed by atoms with Gasteiger partial charge < -0.3 is 5.32 Å². The van der Waals surface area contributed by atoms with Crippen molar-refractivity contribution in [2.45, 2.75) is 50.2 Å². The van der Waals surface area contributed by atoms with Crippen molar-refractivity contribution in [2.75, 3.05) is 5.88 Å². The number of halogens is 5. The van der Waals surface area contributed by atoms with Gasteiger partial charge in [-0.2, -0.15) is 18.3 Å². The van der Waals surface area contributed by atoms with Crippen molar-refractivity contribution in [1.29, 1.82) is 0 Å². The molecule has 2 aromatic carbocycles. The maximum atomic E-state index is 13.7. The predicted octanol–water partition coefficient (Wildman–Crippen LogP) is 7.10. The first-order chi connectivity index (χ1) is 19.2. The SMILES string of the molecule is O=C(N[C@H](CCl)c1ccccc1)c1nn(-c2nccc(C(F)(F)F)n2)c2c1CCCCC2Cc1cccc(Cl)c1. The lowest BCUT2D eigenvalue weighted by molar-refractivity contribution is -0.141. The molecule has 0 radical (unpaired) electrons. The van der Waals surface area contributed by atoms with Crippen molar-refractivity contribution >= 4 is 29.1 Å². The number of hydrogen-bond acceptors (Lipinski definition) is 4. The summed E-state index contributed by atoms with van der Waals surface area (Å²) in [6, 6.07) is 17.1. The molecule has 1 aliphatic rings. The Morgan fingerprint density at radius 2 is 1.90 bits per heavy atom. The Morgan fingerprint density at radius 1 is 1.10 bits per heavy atom. The Bertz CT molecular complexity index is 1490. The zero-order valence-corrected chi connectivity index (χ0v) is 22.8. The second kappa shape index (κ2) is 12.0. The van der Waals surface area contributed by atoms with Crippen molar-refractivity contribution < 1.29 is 18.0 Å². The highest BCUT2D eigenvalue weighted by Gasteiger charge is 2.35. The van der Waals surface area contributed by atoms with Crippen molar-refractivity contribution in [3.05, 3.63) is 106 Å². The average Bonchev–Trinajstić information content (AvgIpc) is 3.21. The van der Waals surface area contributed by atoms with E-state index in [1.165, 1.54) is 4.68 Å². The Hall–Kier alpha value is -3.43. The van der Waals surface area contributed by atoms with Crippen LogP contribution < -0.4 is 5.32 Å². The van der Waals surface area contributed by atoms with Crippen LogP contribution in [-0.4, -0.2) is 31.5 Å². The van der Waals surface area contributed by atoms with E-state index in [-0.39, 0.29) is 23.4 Å². The number of nitrogens with one attached hydrogen (secondary N) is 1. The van der Waals surface area contributed by atoms with Gasteiger partial charge in [0, 0.05) is 28.6 Å². The Balaban J connectivity index is 1.61. The first-order valence-corrected chi connectivity index (χ1v) is 13.8. The summed E-state index contributed by atoms with van der Waals surface area (Å²) in [6.07, 6.45) is -0.0794. The van der Waals surface area contributed by atoms with Crippen molar-refractivity contribution in [2.24, 2.45) is 0 Å². The third-order valence-electron chi connectivity index (χ3n) is 7.01. The van der Waals surface area contributed by atoms with Crippen LogP contribution in [0.25, 0.3) is 5.95 Å². The zero-order chi connectivity index (χ0) is 28.3. The van der Waals surface area contributed by atoms with Crippen molar-refractivity contribution in [3.8, 4) is 5.95 Å². The Kier molecular flexibility index (Phi) is 8.42. The summed E-state index contributed by atoms with van der Waals surface area (Å²) in [7, 11) is 0. The van der Waals surface area contributed by atoms with Gasteiger partial charge in [0.15, 0.2) is 5.69 Å². The normalized spacial score (nSPS) is 16.2. The summed E-state index contributed by atoms with van der Waals surface area (Å²) in [4.78, 5) is 21.6. The first kappa shape index (κ1) is 28.1. The van der Waals surface area contributed by atoms with Gasteiger partial charge in [-0.3, -0.25) is 4.79 Å². The highest BCUT2D eigenvalue weighted by molar-refractivity contribution is 6.30. The Morgan fingerprint density at radius 3 is 2.62 bits per heavy atom. The van der Waals surface area contributed by atoms with E-state index in [1.54, 1.807) is 6.07 Å². The standard InChI is InChI=1S/C29H26Cl2F3N5O/c30-17-23(19-8-2-1-3-9-19)36-27(40)25-22-12-5-4-10-20(15-18-7-6-11-21(31)16-18)26(22)39(38-25)28-35-14-13-24(37-28)29(32,33)34/h1-3,6-9,11,13-14,16,20,23H,4-5,10,12,15,17H2,(H,36,40)/t20?,23-/m1/s1. The van der Waals surface area contributed by atoms with Gasteiger partial charge in [-0.15, -0.1) is 11.6 Å². The molecule has 1 N–H and O–H groups in total. The van der Waals surface area contributed by atoms with Gasteiger partial charge in [0.2, 0.25) is 0 Å². The van der Waals surface area contributed by atoms with Crippen LogP contribution in [0, 0.1) is 0 Å². The summed E-state index contributed by atoms with van der Waals surface area (Å²) in [5.41, 5.74) is 2.18. The second-order valence-corrected chi connectivity index (χ2v) is 10.5. The topological polar surface area (TPSA) is 72.7 Å². The molecule has 2 heterocycles. The molecule has 0 fully saturated rings. The van der Waals surface area contributed by atoms with Crippen molar-refractivity contribution in [1.82, 2.24) is 25.1 Å². The fraction of sp³-hybridized carbons (Fsp3) is 0.310. The third kappa shape index (κ3) is 6.15. The number of amides is 1. The summed E-state index contributed by atoms with van der Waals surface area (Å²) in [5.74, 6) is -0.715. The number of carbonyl (C=O) groups is 1. The second-order valence-electron chi connectivity index (χ2n) is 9.73. The monoisotopic (exact) mass is 587 g/mol.